The fourth-order valence-electron chi connectivity index (χ4n) is 4.03. The van der Waals surface area contributed by atoms with E-state index in [1.807, 2.05) is 42.5 Å². The highest BCUT2D eigenvalue weighted by Crippen LogP contribution is 2.40. The topological polar surface area (TPSA) is 53.9 Å². The number of methoxy groups -OCH3 is 1. The minimum absolute atomic E-state index is 0.0778. The summed E-state index contributed by atoms with van der Waals surface area (Å²) in [4.78, 5) is 14.8. The number of allylic oxidation sites excluding steroid dienone is 1. The molecule has 5 nitrogen and oxygen atoms in total. The summed E-state index contributed by atoms with van der Waals surface area (Å²) in [7, 11) is 3.72. The van der Waals surface area contributed by atoms with Gasteiger partial charge in [-0.2, -0.15) is 5.10 Å². The lowest BCUT2D eigenvalue weighted by molar-refractivity contribution is 0.0955. The predicted octanol–water partition coefficient (Wildman–Crippen LogP) is 5.24. The highest BCUT2D eigenvalue weighted by atomic mass is 16.5. The highest BCUT2D eigenvalue weighted by molar-refractivity contribution is 5.99. The van der Waals surface area contributed by atoms with E-state index in [1.54, 1.807) is 19.4 Å². The SMILES string of the molecule is COc1cc2c(cc1/C=N\NC(=O)c1ccc3ccccc3c1)C(C)=CC(C)(C)N2C. The molecule has 0 aromatic heterocycles. The van der Waals surface area contributed by atoms with Gasteiger partial charge in [0.25, 0.3) is 5.91 Å². The Morgan fingerprint density at radius 3 is 2.58 bits per heavy atom. The van der Waals surface area contributed by atoms with Crippen LogP contribution in [0.2, 0.25) is 0 Å². The molecule has 0 saturated carbocycles. The molecule has 0 aliphatic carbocycles. The van der Waals surface area contributed by atoms with Crippen LogP contribution in [0.15, 0.2) is 65.8 Å². The molecule has 3 aromatic rings. The monoisotopic (exact) mass is 413 g/mol. The number of anilines is 1. The van der Waals surface area contributed by atoms with E-state index >= 15 is 0 Å². The summed E-state index contributed by atoms with van der Waals surface area (Å²) in [5, 5.41) is 6.30. The molecule has 0 radical (unpaired) electrons. The molecule has 0 spiro atoms. The van der Waals surface area contributed by atoms with E-state index in [2.05, 4.69) is 55.4 Å². The van der Waals surface area contributed by atoms with E-state index in [0.717, 1.165) is 27.6 Å². The molecular weight excluding hydrogens is 386 g/mol. The number of carbonyl (C=O) groups excluding carboxylic acids is 1. The minimum Gasteiger partial charge on any atom is -0.496 e. The number of ether oxygens (including phenoxy) is 1. The number of nitrogens with zero attached hydrogens (tertiary/aromatic N) is 2. The van der Waals surface area contributed by atoms with Crippen molar-refractivity contribution in [2.75, 3.05) is 19.1 Å². The molecule has 3 aromatic carbocycles. The standard InChI is InChI=1S/C26H27N3O2/c1-17-15-26(2,3)29(4)23-14-24(31-5)21(13-22(17)23)16-27-28-25(30)20-11-10-18-8-6-7-9-19(18)12-20/h6-16H,1-5H3,(H,28,30)/b27-16-. The average molecular weight is 414 g/mol. The third-order valence-electron chi connectivity index (χ3n) is 5.95. The van der Waals surface area contributed by atoms with Crippen molar-refractivity contribution in [1.29, 1.82) is 0 Å². The number of rotatable bonds is 4. The van der Waals surface area contributed by atoms with Gasteiger partial charge in [0.1, 0.15) is 5.75 Å². The van der Waals surface area contributed by atoms with Crippen LogP contribution in [0.4, 0.5) is 5.69 Å². The number of hydrazone groups is 1. The van der Waals surface area contributed by atoms with Crippen LogP contribution in [0.25, 0.3) is 16.3 Å². The molecule has 31 heavy (non-hydrogen) atoms. The summed E-state index contributed by atoms with van der Waals surface area (Å²) in [5.41, 5.74) is 7.36. The minimum atomic E-state index is -0.253. The number of likely N-dealkylation sites (N-methyl/N-ethyl adjacent to an activating group) is 1. The average Bonchev–Trinajstić information content (AvgIpc) is 2.76. The summed E-state index contributed by atoms with van der Waals surface area (Å²) in [6.45, 7) is 6.48. The molecule has 158 valence electrons. The lowest BCUT2D eigenvalue weighted by atomic mass is 9.88. The number of hydrogen-bond acceptors (Lipinski definition) is 4. The van der Waals surface area contributed by atoms with Gasteiger partial charge in [-0.15, -0.1) is 0 Å². The number of fused-ring (bicyclic) bond motifs is 2. The summed E-state index contributed by atoms with van der Waals surface area (Å²) in [5.74, 6) is 0.455. The summed E-state index contributed by atoms with van der Waals surface area (Å²) in [6, 6.07) is 17.6. The Morgan fingerprint density at radius 2 is 1.84 bits per heavy atom. The van der Waals surface area contributed by atoms with E-state index in [4.69, 9.17) is 4.74 Å². The second-order valence-corrected chi connectivity index (χ2v) is 8.41. The summed E-state index contributed by atoms with van der Waals surface area (Å²) >= 11 is 0. The molecule has 0 atom stereocenters. The first kappa shape index (κ1) is 20.7. The van der Waals surface area contributed by atoms with Crippen LogP contribution in [0.1, 0.15) is 42.3 Å². The fraction of sp³-hybridized carbons (Fsp3) is 0.231. The van der Waals surface area contributed by atoms with Crippen LogP contribution >= 0.6 is 0 Å². The fourth-order valence-corrected chi connectivity index (χ4v) is 4.03. The third kappa shape index (κ3) is 3.91. The maximum atomic E-state index is 12.6. The molecule has 5 heteroatoms. The molecule has 0 fully saturated rings. The first-order valence-electron chi connectivity index (χ1n) is 10.3. The predicted molar refractivity (Wildman–Crippen MR) is 128 cm³/mol. The van der Waals surface area contributed by atoms with E-state index in [9.17, 15) is 4.79 Å². The number of carbonyl (C=O) groups is 1. The van der Waals surface area contributed by atoms with Gasteiger partial charge < -0.3 is 9.64 Å². The molecule has 1 aliphatic rings. The number of hydrogen-bond donors (Lipinski definition) is 1. The van der Waals surface area contributed by atoms with Crippen molar-refractivity contribution in [2.45, 2.75) is 26.3 Å². The Labute approximate surface area is 183 Å². The molecule has 1 N–H and O–H groups in total. The normalized spacial score (nSPS) is 15.0. The van der Waals surface area contributed by atoms with Gasteiger partial charge in [0, 0.05) is 35.5 Å². The van der Waals surface area contributed by atoms with Crippen molar-refractivity contribution in [2.24, 2.45) is 5.10 Å². The van der Waals surface area contributed by atoms with Crippen LogP contribution in [-0.2, 0) is 0 Å². The van der Waals surface area contributed by atoms with Crippen LogP contribution in [0.5, 0.6) is 5.75 Å². The maximum Gasteiger partial charge on any atom is 0.271 e. The second kappa shape index (κ2) is 7.91. The lowest BCUT2D eigenvalue weighted by Crippen LogP contribution is -2.42. The second-order valence-electron chi connectivity index (χ2n) is 8.41. The quantitative estimate of drug-likeness (QED) is 0.470. The van der Waals surface area contributed by atoms with E-state index in [1.165, 1.54) is 5.57 Å². The molecule has 1 heterocycles. The van der Waals surface area contributed by atoms with E-state index < -0.39 is 0 Å². The molecule has 0 bridgehead atoms. The molecule has 1 aliphatic heterocycles. The van der Waals surface area contributed by atoms with Crippen molar-refractivity contribution < 1.29 is 9.53 Å². The van der Waals surface area contributed by atoms with Gasteiger partial charge in [0.2, 0.25) is 0 Å². The smallest absolute Gasteiger partial charge is 0.271 e. The van der Waals surface area contributed by atoms with Crippen LogP contribution in [0, 0.1) is 0 Å². The number of amides is 1. The Balaban J connectivity index is 1.58. The number of benzene rings is 3. The maximum absolute atomic E-state index is 12.6. The molecule has 0 saturated heterocycles. The first-order chi connectivity index (χ1) is 14.8. The van der Waals surface area contributed by atoms with Crippen molar-refractivity contribution in [1.82, 2.24) is 5.43 Å². The molecule has 4 rings (SSSR count). The Hall–Kier alpha value is -3.60. The zero-order valence-corrected chi connectivity index (χ0v) is 18.6. The van der Waals surface area contributed by atoms with Crippen molar-refractivity contribution in [3.8, 4) is 5.75 Å². The van der Waals surface area contributed by atoms with Crippen LogP contribution in [0.3, 0.4) is 0 Å². The van der Waals surface area contributed by atoms with Gasteiger partial charge in [0.05, 0.1) is 18.9 Å². The van der Waals surface area contributed by atoms with Gasteiger partial charge in [-0.05, 0) is 55.3 Å². The zero-order valence-electron chi connectivity index (χ0n) is 18.6. The number of nitrogens with one attached hydrogen (secondary N) is 1. The van der Waals surface area contributed by atoms with Crippen LogP contribution in [-0.4, -0.2) is 31.8 Å². The zero-order chi connectivity index (χ0) is 22.2. The highest BCUT2D eigenvalue weighted by Gasteiger charge is 2.29. The van der Waals surface area contributed by atoms with Gasteiger partial charge >= 0.3 is 0 Å². The van der Waals surface area contributed by atoms with Crippen molar-refractivity contribution in [3.63, 3.8) is 0 Å². The Kier molecular flexibility index (Phi) is 5.27. The van der Waals surface area contributed by atoms with Crippen LogP contribution < -0.4 is 15.1 Å². The third-order valence-corrected chi connectivity index (χ3v) is 5.95. The van der Waals surface area contributed by atoms with Gasteiger partial charge in [-0.1, -0.05) is 36.4 Å². The van der Waals surface area contributed by atoms with E-state index in [-0.39, 0.29) is 11.4 Å². The molecule has 1 amide bonds. The molecule has 0 unspecified atom stereocenters. The van der Waals surface area contributed by atoms with E-state index in [0.29, 0.717) is 11.3 Å². The van der Waals surface area contributed by atoms with Gasteiger partial charge in [-0.3, -0.25) is 4.79 Å². The molecular formula is C26H27N3O2. The Bertz CT molecular complexity index is 1220. The first-order valence-corrected chi connectivity index (χ1v) is 10.3. The van der Waals surface area contributed by atoms with Gasteiger partial charge in [0.15, 0.2) is 0 Å². The summed E-state index contributed by atoms with van der Waals surface area (Å²) in [6.07, 6.45) is 3.88. The van der Waals surface area contributed by atoms with Gasteiger partial charge in [-0.25, -0.2) is 5.43 Å². The largest absolute Gasteiger partial charge is 0.496 e. The summed E-state index contributed by atoms with van der Waals surface area (Å²) < 4.78 is 5.60. The van der Waals surface area contributed by atoms with Crippen molar-refractivity contribution >= 4 is 34.2 Å². The lowest BCUT2D eigenvalue weighted by Gasteiger charge is -2.40. The Morgan fingerprint density at radius 1 is 1.10 bits per heavy atom. The van der Waals surface area contributed by atoms with Crippen molar-refractivity contribution in [3.05, 3.63) is 77.4 Å².